The van der Waals surface area contributed by atoms with Gasteiger partial charge in [0.25, 0.3) is 5.89 Å². The minimum atomic E-state index is 0.268. The standard InChI is InChI=1S/C22H18ClN5O3/c23-16-5-3-15(4-6-16)20-25-17(14-30-20)13-27-7-9-28(10-8-27)22-18(12-24)26-21(31-22)19-2-1-11-29-19/h1-6,11,14H,7-10,13H2. The minimum absolute atomic E-state index is 0.268. The van der Waals surface area contributed by atoms with Crippen LogP contribution in [0.25, 0.3) is 23.1 Å². The molecule has 0 radical (unpaired) electrons. The van der Waals surface area contributed by atoms with Crippen molar-refractivity contribution in [1.29, 1.82) is 5.26 Å². The summed E-state index contributed by atoms with van der Waals surface area (Å²) in [6.07, 6.45) is 3.24. The number of benzene rings is 1. The third-order valence-electron chi connectivity index (χ3n) is 5.14. The molecule has 31 heavy (non-hydrogen) atoms. The van der Waals surface area contributed by atoms with Gasteiger partial charge in [0, 0.05) is 43.3 Å². The predicted octanol–water partition coefficient (Wildman–Crippen LogP) is 4.44. The van der Waals surface area contributed by atoms with Crippen molar-refractivity contribution < 1.29 is 13.3 Å². The van der Waals surface area contributed by atoms with Crippen LogP contribution < -0.4 is 4.90 Å². The van der Waals surface area contributed by atoms with Gasteiger partial charge in [-0.2, -0.15) is 10.2 Å². The molecule has 1 fully saturated rings. The number of anilines is 1. The highest BCUT2D eigenvalue weighted by Crippen LogP contribution is 2.29. The first-order chi connectivity index (χ1) is 15.2. The smallest absolute Gasteiger partial charge is 0.266 e. The third-order valence-corrected chi connectivity index (χ3v) is 5.39. The van der Waals surface area contributed by atoms with Crippen LogP contribution in [-0.4, -0.2) is 41.0 Å². The lowest BCUT2D eigenvalue weighted by Gasteiger charge is -2.33. The maximum absolute atomic E-state index is 9.45. The van der Waals surface area contributed by atoms with E-state index in [0.717, 1.165) is 24.3 Å². The Balaban J connectivity index is 1.22. The number of halogens is 1. The lowest BCUT2D eigenvalue weighted by atomic mass is 10.2. The van der Waals surface area contributed by atoms with E-state index in [-0.39, 0.29) is 5.69 Å². The molecule has 5 rings (SSSR count). The molecule has 0 bridgehead atoms. The summed E-state index contributed by atoms with van der Waals surface area (Å²) in [6, 6.07) is 13.0. The molecule has 156 valence electrons. The lowest BCUT2D eigenvalue weighted by Crippen LogP contribution is -2.46. The van der Waals surface area contributed by atoms with Gasteiger partial charge in [0.05, 0.1) is 12.0 Å². The molecular formula is C22H18ClN5O3. The fraction of sp³-hybridized carbons (Fsp3) is 0.227. The average Bonchev–Trinajstić information content (AvgIpc) is 3.55. The Morgan fingerprint density at radius 1 is 1.00 bits per heavy atom. The van der Waals surface area contributed by atoms with E-state index in [4.69, 9.17) is 24.9 Å². The number of hydrogen-bond acceptors (Lipinski definition) is 8. The normalized spacial score (nSPS) is 14.6. The Kier molecular flexibility index (Phi) is 5.20. The van der Waals surface area contributed by atoms with E-state index in [1.807, 2.05) is 29.2 Å². The van der Waals surface area contributed by atoms with Crippen LogP contribution in [0, 0.1) is 11.3 Å². The van der Waals surface area contributed by atoms with Gasteiger partial charge in [0.15, 0.2) is 5.76 Å². The van der Waals surface area contributed by atoms with Gasteiger partial charge in [-0.15, -0.1) is 0 Å². The monoisotopic (exact) mass is 435 g/mol. The molecule has 4 aromatic rings. The third kappa shape index (κ3) is 4.06. The first-order valence-corrected chi connectivity index (χ1v) is 10.2. The molecule has 3 aromatic heterocycles. The van der Waals surface area contributed by atoms with Crippen molar-refractivity contribution in [1.82, 2.24) is 14.9 Å². The van der Waals surface area contributed by atoms with E-state index >= 15 is 0 Å². The summed E-state index contributed by atoms with van der Waals surface area (Å²) in [6.45, 7) is 3.70. The van der Waals surface area contributed by atoms with Gasteiger partial charge in [-0.3, -0.25) is 4.90 Å². The van der Waals surface area contributed by atoms with Crippen LogP contribution in [0.1, 0.15) is 11.4 Å². The van der Waals surface area contributed by atoms with E-state index in [1.54, 1.807) is 24.7 Å². The van der Waals surface area contributed by atoms with Crippen LogP contribution in [0.5, 0.6) is 0 Å². The van der Waals surface area contributed by atoms with Crippen molar-refractivity contribution in [2.24, 2.45) is 0 Å². The molecule has 0 unspecified atom stereocenters. The van der Waals surface area contributed by atoms with Crippen LogP contribution in [0.15, 0.2) is 62.2 Å². The van der Waals surface area contributed by atoms with E-state index in [0.29, 0.717) is 48.1 Å². The highest BCUT2D eigenvalue weighted by molar-refractivity contribution is 6.30. The summed E-state index contributed by atoms with van der Waals surface area (Å²) in [4.78, 5) is 13.2. The Hall–Kier alpha value is -3.54. The first-order valence-electron chi connectivity index (χ1n) is 9.82. The van der Waals surface area contributed by atoms with Crippen LogP contribution in [0.4, 0.5) is 5.88 Å². The van der Waals surface area contributed by atoms with Crippen molar-refractivity contribution in [2.45, 2.75) is 6.54 Å². The summed E-state index contributed by atoms with van der Waals surface area (Å²) in [5, 5.41) is 10.1. The zero-order valence-electron chi connectivity index (χ0n) is 16.5. The molecule has 0 N–H and O–H groups in total. The first kappa shape index (κ1) is 19.4. The van der Waals surface area contributed by atoms with Gasteiger partial charge in [-0.25, -0.2) is 4.98 Å². The Morgan fingerprint density at radius 3 is 2.52 bits per heavy atom. The number of oxazole rings is 2. The van der Waals surface area contributed by atoms with E-state index in [9.17, 15) is 5.26 Å². The molecule has 1 aliphatic heterocycles. The van der Waals surface area contributed by atoms with Crippen molar-refractivity contribution in [2.75, 3.05) is 31.1 Å². The van der Waals surface area contributed by atoms with Crippen LogP contribution in [0.3, 0.4) is 0 Å². The number of aromatic nitrogens is 2. The molecule has 0 aliphatic carbocycles. The number of piperazine rings is 1. The van der Waals surface area contributed by atoms with Gasteiger partial charge in [-0.05, 0) is 36.4 Å². The highest BCUT2D eigenvalue weighted by Gasteiger charge is 2.25. The second kappa shape index (κ2) is 8.30. The van der Waals surface area contributed by atoms with E-state index in [1.165, 1.54) is 0 Å². The van der Waals surface area contributed by atoms with Gasteiger partial charge < -0.3 is 18.2 Å². The Bertz CT molecular complexity index is 1200. The van der Waals surface area contributed by atoms with Gasteiger partial charge in [0.2, 0.25) is 17.5 Å². The van der Waals surface area contributed by atoms with Crippen LogP contribution >= 0.6 is 11.6 Å². The fourth-order valence-corrected chi connectivity index (χ4v) is 3.67. The minimum Gasteiger partial charge on any atom is -0.459 e. The number of hydrogen-bond donors (Lipinski definition) is 0. The molecule has 1 saturated heterocycles. The van der Waals surface area contributed by atoms with Gasteiger partial charge in [0.1, 0.15) is 12.3 Å². The van der Waals surface area contributed by atoms with Crippen molar-refractivity contribution in [3.8, 4) is 29.2 Å². The summed E-state index contributed by atoms with van der Waals surface area (Å²) in [7, 11) is 0. The molecule has 4 heterocycles. The topological polar surface area (TPSA) is 95.5 Å². The molecule has 1 aliphatic rings. The summed E-state index contributed by atoms with van der Waals surface area (Å²) in [5.41, 5.74) is 2.03. The maximum atomic E-state index is 9.45. The molecule has 0 saturated carbocycles. The fourth-order valence-electron chi connectivity index (χ4n) is 3.55. The maximum Gasteiger partial charge on any atom is 0.266 e. The largest absolute Gasteiger partial charge is 0.459 e. The summed E-state index contributed by atoms with van der Waals surface area (Å²) in [5.74, 6) is 1.89. The number of rotatable bonds is 5. The van der Waals surface area contributed by atoms with E-state index in [2.05, 4.69) is 20.9 Å². The van der Waals surface area contributed by atoms with E-state index < -0.39 is 0 Å². The second-order valence-corrected chi connectivity index (χ2v) is 7.61. The molecule has 1 aromatic carbocycles. The van der Waals surface area contributed by atoms with Crippen molar-refractivity contribution in [3.05, 3.63) is 65.3 Å². The SMILES string of the molecule is N#Cc1nc(-c2ccco2)oc1N1CCN(Cc2coc(-c3ccc(Cl)cc3)n2)CC1. The molecule has 0 atom stereocenters. The molecule has 9 heteroatoms. The molecule has 0 amide bonds. The van der Waals surface area contributed by atoms with Crippen molar-refractivity contribution in [3.63, 3.8) is 0 Å². The lowest BCUT2D eigenvalue weighted by molar-refractivity contribution is 0.243. The van der Waals surface area contributed by atoms with Crippen LogP contribution in [0.2, 0.25) is 5.02 Å². The van der Waals surface area contributed by atoms with Crippen LogP contribution in [-0.2, 0) is 6.54 Å². The number of nitrogens with zero attached hydrogens (tertiary/aromatic N) is 5. The predicted molar refractivity (Wildman–Crippen MR) is 113 cm³/mol. The highest BCUT2D eigenvalue weighted by atomic mass is 35.5. The second-order valence-electron chi connectivity index (χ2n) is 7.18. The summed E-state index contributed by atoms with van der Waals surface area (Å²) < 4.78 is 16.8. The van der Waals surface area contributed by atoms with Gasteiger partial charge in [-0.1, -0.05) is 11.6 Å². The molecule has 8 nitrogen and oxygen atoms in total. The van der Waals surface area contributed by atoms with Gasteiger partial charge >= 0.3 is 0 Å². The zero-order valence-corrected chi connectivity index (χ0v) is 17.2. The van der Waals surface area contributed by atoms with Crippen molar-refractivity contribution >= 4 is 17.5 Å². The summed E-state index contributed by atoms with van der Waals surface area (Å²) >= 11 is 5.94. The average molecular weight is 436 g/mol. The number of furan rings is 1. The molecular weight excluding hydrogens is 418 g/mol. The molecule has 0 spiro atoms. The quantitative estimate of drug-likeness (QED) is 0.454. The zero-order chi connectivity index (χ0) is 21.2. The Morgan fingerprint density at radius 2 is 1.81 bits per heavy atom. The number of nitriles is 1. The Labute approximate surface area is 183 Å².